The monoisotopic (exact) mass is 791 g/mol. The average molecular weight is 794 g/mol. The van der Waals surface area contributed by atoms with Gasteiger partial charge in [0, 0.05) is 78.1 Å². The normalized spacial score (nSPS) is 16.0. The molecule has 3 aromatic carbocycles. The minimum absolute atomic E-state index is 0.0214. The van der Waals surface area contributed by atoms with Crippen molar-refractivity contribution in [2.24, 2.45) is 0 Å². The second kappa shape index (κ2) is 15.0. The van der Waals surface area contributed by atoms with Gasteiger partial charge in [-0.2, -0.15) is 0 Å². The van der Waals surface area contributed by atoms with Gasteiger partial charge in [-0.05, 0) is 99.2 Å². The largest absolute Gasteiger partial charge is 0.397 e. The summed E-state index contributed by atoms with van der Waals surface area (Å²) in [4.78, 5) is 60.9. The Morgan fingerprint density at radius 1 is 0.898 bits per heavy atom. The van der Waals surface area contributed by atoms with Crippen LogP contribution < -0.4 is 21.6 Å². The van der Waals surface area contributed by atoms with Gasteiger partial charge in [0.2, 0.25) is 5.91 Å². The number of Topliss-reactive ketones (excluding diaryl/α,β-unsaturated/α-hetero) is 1. The maximum Gasteiger partial charge on any atom is 0.326 e. The molecule has 0 aliphatic carbocycles. The summed E-state index contributed by atoms with van der Waals surface area (Å²) in [5, 5.41) is 3.05. The lowest BCUT2D eigenvalue weighted by atomic mass is 10.0. The number of halogens is 2. The Bertz CT molecular complexity index is 1850. The quantitative estimate of drug-likeness (QED) is 0.160. The standard InChI is InChI=1S/C36H39Br2N7O4/c1-23(46)25-7-9-27(10-8-25)42-15-17-43(18-16-42)34(47)31(21-24-19-29(37)33(39)30(38)20-24)40-35(48)44-13-11-28(12-14-44)45-22-32(41-36(45)49)26-5-3-2-4-6-26/h2-10,19-20,22,28,31H,11-18,21,39H2,1H3,(H,40,48)(H,41,49)/t31-/m1/s1. The number of aromatic nitrogens is 2. The number of urea groups is 1. The number of hydrogen-bond acceptors (Lipinski definition) is 6. The first-order valence-corrected chi connectivity index (χ1v) is 18.0. The minimum Gasteiger partial charge on any atom is -0.397 e. The Labute approximate surface area is 301 Å². The Hall–Kier alpha value is -4.36. The number of piperazine rings is 1. The molecule has 13 heteroatoms. The number of anilines is 2. The summed E-state index contributed by atoms with van der Waals surface area (Å²) < 4.78 is 3.14. The van der Waals surface area contributed by atoms with Crippen LogP contribution in [0.4, 0.5) is 16.2 Å². The number of likely N-dealkylation sites (tertiary alicyclic amines) is 1. The first-order valence-electron chi connectivity index (χ1n) is 16.4. The molecule has 1 atom stereocenters. The van der Waals surface area contributed by atoms with Gasteiger partial charge < -0.3 is 30.7 Å². The van der Waals surface area contributed by atoms with E-state index in [0.29, 0.717) is 72.3 Å². The number of H-pyrrole nitrogens is 1. The van der Waals surface area contributed by atoms with Gasteiger partial charge in [-0.1, -0.05) is 30.3 Å². The van der Waals surface area contributed by atoms with Gasteiger partial charge in [0.1, 0.15) is 6.04 Å². The molecule has 6 rings (SSSR count). The highest BCUT2D eigenvalue weighted by atomic mass is 79.9. The lowest BCUT2D eigenvalue weighted by Gasteiger charge is -2.38. The van der Waals surface area contributed by atoms with E-state index in [4.69, 9.17) is 5.73 Å². The highest BCUT2D eigenvalue weighted by molar-refractivity contribution is 9.11. The number of benzene rings is 3. The van der Waals surface area contributed by atoms with Gasteiger partial charge in [-0.15, -0.1) is 0 Å². The Kier molecular flexibility index (Phi) is 10.6. The third-order valence-electron chi connectivity index (χ3n) is 9.38. The minimum atomic E-state index is -0.797. The van der Waals surface area contributed by atoms with E-state index in [1.807, 2.05) is 77.8 Å². The van der Waals surface area contributed by atoms with Crippen LogP contribution in [0.25, 0.3) is 11.3 Å². The molecule has 256 valence electrons. The predicted molar refractivity (Wildman–Crippen MR) is 198 cm³/mol. The van der Waals surface area contributed by atoms with Crippen molar-refractivity contribution in [1.29, 1.82) is 0 Å². The molecule has 2 aliphatic heterocycles. The van der Waals surface area contributed by atoms with E-state index in [-0.39, 0.29) is 35.9 Å². The third-order valence-corrected chi connectivity index (χ3v) is 10.7. The number of nitrogens with zero attached hydrogens (tertiary/aromatic N) is 4. The number of rotatable bonds is 8. The van der Waals surface area contributed by atoms with Crippen LogP contribution >= 0.6 is 31.9 Å². The molecule has 0 unspecified atom stereocenters. The molecule has 0 spiro atoms. The summed E-state index contributed by atoms with van der Waals surface area (Å²) in [6.07, 6.45) is 3.37. The number of ketones is 1. The van der Waals surface area contributed by atoms with Gasteiger partial charge in [0.05, 0.1) is 11.4 Å². The van der Waals surface area contributed by atoms with Gasteiger partial charge in [-0.25, -0.2) is 9.59 Å². The van der Waals surface area contributed by atoms with E-state index in [2.05, 4.69) is 47.1 Å². The molecule has 4 aromatic rings. The lowest BCUT2D eigenvalue weighted by molar-refractivity contribution is -0.133. The molecule has 49 heavy (non-hydrogen) atoms. The van der Waals surface area contributed by atoms with Crippen LogP contribution in [0.1, 0.15) is 41.7 Å². The van der Waals surface area contributed by atoms with Crippen molar-refractivity contribution < 1.29 is 14.4 Å². The van der Waals surface area contributed by atoms with Crippen molar-refractivity contribution in [3.05, 3.63) is 103 Å². The molecule has 2 fully saturated rings. The maximum atomic E-state index is 14.1. The fourth-order valence-electron chi connectivity index (χ4n) is 6.54. The number of carbonyl (C=O) groups is 3. The molecular weight excluding hydrogens is 754 g/mol. The Morgan fingerprint density at radius 2 is 1.53 bits per heavy atom. The van der Waals surface area contributed by atoms with Crippen molar-refractivity contribution >= 4 is 61.0 Å². The SMILES string of the molecule is CC(=O)c1ccc(N2CCN(C(=O)[C@@H](Cc3cc(Br)c(N)c(Br)c3)NC(=O)N3CCC(n4cc(-c5ccccc5)[nH]c4=O)CC3)CC2)cc1. The number of nitrogen functional groups attached to an aromatic ring is 1. The summed E-state index contributed by atoms with van der Waals surface area (Å²) in [5.41, 5.74) is 10.7. The molecule has 11 nitrogen and oxygen atoms in total. The Morgan fingerprint density at radius 3 is 2.14 bits per heavy atom. The fourth-order valence-corrected chi connectivity index (χ4v) is 7.82. The van der Waals surface area contributed by atoms with E-state index in [0.717, 1.165) is 22.5 Å². The zero-order valence-corrected chi connectivity index (χ0v) is 30.4. The smallest absolute Gasteiger partial charge is 0.326 e. The summed E-state index contributed by atoms with van der Waals surface area (Å²) >= 11 is 7.01. The lowest BCUT2D eigenvalue weighted by Crippen LogP contribution is -2.57. The van der Waals surface area contributed by atoms with Crippen LogP contribution in [0, 0.1) is 0 Å². The number of nitrogens with two attached hydrogens (primary N) is 1. The topological polar surface area (TPSA) is 137 Å². The molecule has 3 heterocycles. The van der Waals surface area contributed by atoms with Crippen LogP contribution in [0.5, 0.6) is 0 Å². The van der Waals surface area contributed by atoms with E-state index < -0.39 is 6.04 Å². The molecule has 4 N–H and O–H groups in total. The van der Waals surface area contributed by atoms with Crippen molar-refractivity contribution in [2.45, 2.75) is 38.3 Å². The highest BCUT2D eigenvalue weighted by Crippen LogP contribution is 2.30. The molecule has 1 aromatic heterocycles. The molecular formula is C36H39Br2N7O4. The van der Waals surface area contributed by atoms with E-state index in [1.54, 1.807) is 16.4 Å². The molecule has 0 saturated carbocycles. The molecule has 0 bridgehead atoms. The number of hydrogen-bond donors (Lipinski definition) is 3. The Balaban J connectivity index is 1.12. The van der Waals surface area contributed by atoms with Crippen LogP contribution in [0.3, 0.4) is 0 Å². The number of carbonyl (C=O) groups excluding carboxylic acids is 3. The van der Waals surface area contributed by atoms with Crippen LogP contribution in [0.2, 0.25) is 0 Å². The fraction of sp³-hybridized carbons (Fsp3) is 0.333. The molecule has 3 amide bonds. The van der Waals surface area contributed by atoms with Crippen molar-refractivity contribution in [1.82, 2.24) is 24.7 Å². The third kappa shape index (κ3) is 7.94. The first kappa shape index (κ1) is 34.5. The average Bonchev–Trinajstić information content (AvgIpc) is 3.51. The van der Waals surface area contributed by atoms with E-state index >= 15 is 0 Å². The maximum absolute atomic E-state index is 14.1. The van der Waals surface area contributed by atoms with Crippen molar-refractivity contribution in [3.63, 3.8) is 0 Å². The summed E-state index contributed by atoms with van der Waals surface area (Å²) in [7, 11) is 0. The highest BCUT2D eigenvalue weighted by Gasteiger charge is 2.32. The summed E-state index contributed by atoms with van der Waals surface area (Å²) in [6.45, 7) is 4.70. The van der Waals surface area contributed by atoms with Crippen molar-refractivity contribution in [3.8, 4) is 11.3 Å². The van der Waals surface area contributed by atoms with Gasteiger partial charge >= 0.3 is 11.7 Å². The van der Waals surface area contributed by atoms with E-state index in [9.17, 15) is 19.2 Å². The summed E-state index contributed by atoms with van der Waals surface area (Å²) in [6, 6.07) is 19.8. The summed E-state index contributed by atoms with van der Waals surface area (Å²) in [5.74, 6) is -0.126. The first-order chi connectivity index (χ1) is 23.6. The second-order valence-electron chi connectivity index (χ2n) is 12.6. The van der Waals surface area contributed by atoms with E-state index in [1.165, 1.54) is 0 Å². The zero-order chi connectivity index (χ0) is 34.7. The number of piperidine rings is 1. The van der Waals surface area contributed by atoms with Gasteiger partial charge in [0.25, 0.3) is 0 Å². The number of amides is 3. The van der Waals surface area contributed by atoms with Gasteiger partial charge in [0.15, 0.2) is 5.78 Å². The number of imidazole rings is 1. The zero-order valence-electron chi connectivity index (χ0n) is 27.2. The van der Waals surface area contributed by atoms with Crippen LogP contribution in [-0.4, -0.2) is 82.4 Å². The molecule has 0 radical (unpaired) electrons. The van der Waals surface area contributed by atoms with Gasteiger partial charge in [-0.3, -0.25) is 14.2 Å². The van der Waals surface area contributed by atoms with Crippen LogP contribution in [-0.2, 0) is 11.2 Å². The number of nitrogens with one attached hydrogen (secondary N) is 2. The second-order valence-corrected chi connectivity index (χ2v) is 14.3. The van der Waals surface area contributed by atoms with Crippen LogP contribution in [0.15, 0.2) is 86.7 Å². The molecule has 2 aliphatic rings. The molecule has 2 saturated heterocycles. The number of aromatic amines is 1. The predicted octanol–water partition coefficient (Wildman–Crippen LogP) is 5.46. The van der Waals surface area contributed by atoms with Crippen molar-refractivity contribution in [2.75, 3.05) is 49.9 Å².